The Balaban J connectivity index is 1.51. The molecule has 0 saturated carbocycles. The van der Waals surface area contributed by atoms with Crippen LogP contribution in [0.4, 0.5) is 5.82 Å². The summed E-state index contributed by atoms with van der Waals surface area (Å²) in [6.07, 6.45) is 1.62. The van der Waals surface area contributed by atoms with E-state index in [1.807, 2.05) is 48.5 Å². The fraction of sp³-hybridized carbons (Fsp3) is 0.130. The van der Waals surface area contributed by atoms with Gasteiger partial charge in [-0.15, -0.1) is 0 Å². The SMILES string of the molecule is CCOC(=O)c1cccc(-c2ccc(CNc3nc(=O)[nH]c4ncccc34)cc2)c1. The molecule has 0 unspecified atom stereocenters. The number of anilines is 1. The quantitative estimate of drug-likeness (QED) is 0.478. The van der Waals surface area contributed by atoms with Crippen molar-refractivity contribution in [3.05, 3.63) is 88.5 Å². The van der Waals surface area contributed by atoms with Crippen LogP contribution >= 0.6 is 0 Å². The molecule has 0 saturated heterocycles. The molecule has 0 spiro atoms. The number of rotatable bonds is 6. The minimum atomic E-state index is -0.444. The van der Waals surface area contributed by atoms with Crippen LogP contribution in [0, 0.1) is 0 Å². The van der Waals surface area contributed by atoms with Crippen LogP contribution in [-0.4, -0.2) is 27.5 Å². The number of benzene rings is 2. The van der Waals surface area contributed by atoms with Gasteiger partial charge in [0.2, 0.25) is 0 Å². The van der Waals surface area contributed by atoms with Gasteiger partial charge in [0.05, 0.1) is 17.6 Å². The van der Waals surface area contributed by atoms with Crippen LogP contribution in [0.5, 0.6) is 0 Å². The molecule has 0 radical (unpaired) electrons. The van der Waals surface area contributed by atoms with Crippen molar-refractivity contribution >= 4 is 22.8 Å². The summed E-state index contributed by atoms with van der Waals surface area (Å²) in [5.41, 5.74) is 3.54. The van der Waals surface area contributed by atoms with Gasteiger partial charge < -0.3 is 10.1 Å². The third kappa shape index (κ3) is 4.20. The molecule has 150 valence electrons. The largest absolute Gasteiger partial charge is 0.462 e. The second kappa shape index (κ2) is 8.57. The molecule has 7 heteroatoms. The highest BCUT2D eigenvalue weighted by atomic mass is 16.5. The van der Waals surface area contributed by atoms with Gasteiger partial charge in [0.15, 0.2) is 0 Å². The minimum absolute atomic E-state index is 0.327. The number of pyridine rings is 1. The first-order valence-corrected chi connectivity index (χ1v) is 9.59. The summed E-state index contributed by atoms with van der Waals surface area (Å²) < 4.78 is 5.07. The molecule has 7 nitrogen and oxygen atoms in total. The average Bonchev–Trinajstić information content (AvgIpc) is 2.78. The van der Waals surface area contributed by atoms with E-state index in [-0.39, 0.29) is 5.97 Å². The van der Waals surface area contributed by atoms with Crippen molar-refractivity contribution in [1.82, 2.24) is 15.0 Å². The third-order valence-corrected chi connectivity index (χ3v) is 4.62. The van der Waals surface area contributed by atoms with E-state index in [0.29, 0.717) is 30.2 Å². The molecule has 2 heterocycles. The first-order valence-electron chi connectivity index (χ1n) is 9.59. The number of H-pyrrole nitrogens is 1. The van der Waals surface area contributed by atoms with Crippen molar-refractivity contribution in [2.45, 2.75) is 13.5 Å². The van der Waals surface area contributed by atoms with Crippen LogP contribution in [-0.2, 0) is 11.3 Å². The number of fused-ring (bicyclic) bond motifs is 1. The molecule has 0 aliphatic heterocycles. The molecule has 2 N–H and O–H groups in total. The summed E-state index contributed by atoms with van der Waals surface area (Å²) in [6, 6.07) is 19.0. The predicted octanol–water partition coefficient (Wildman–Crippen LogP) is 3.77. The normalized spacial score (nSPS) is 10.7. The number of esters is 1. The molecular formula is C23H20N4O3. The lowest BCUT2D eigenvalue weighted by molar-refractivity contribution is 0.0526. The first-order chi connectivity index (χ1) is 14.6. The highest BCUT2D eigenvalue weighted by Gasteiger charge is 2.08. The Morgan fingerprint density at radius 1 is 1.07 bits per heavy atom. The summed E-state index contributed by atoms with van der Waals surface area (Å²) >= 11 is 0. The molecule has 4 rings (SSSR count). The summed E-state index contributed by atoms with van der Waals surface area (Å²) in [5.74, 6) is 0.167. The number of aromatic nitrogens is 3. The topological polar surface area (TPSA) is 97.0 Å². The smallest absolute Gasteiger partial charge is 0.348 e. The molecule has 0 aliphatic carbocycles. The van der Waals surface area contributed by atoms with E-state index in [9.17, 15) is 9.59 Å². The fourth-order valence-corrected chi connectivity index (χ4v) is 3.16. The molecule has 0 atom stereocenters. The van der Waals surface area contributed by atoms with Gasteiger partial charge in [0.25, 0.3) is 0 Å². The molecule has 2 aromatic carbocycles. The van der Waals surface area contributed by atoms with E-state index in [2.05, 4.69) is 20.3 Å². The zero-order chi connectivity index (χ0) is 20.9. The van der Waals surface area contributed by atoms with E-state index >= 15 is 0 Å². The van der Waals surface area contributed by atoms with E-state index in [1.165, 1.54) is 0 Å². The molecule has 0 bridgehead atoms. The zero-order valence-electron chi connectivity index (χ0n) is 16.4. The molecule has 0 amide bonds. The lowest BCUT2D eigenvalue weighted by Crippen LogP contribution is -2.14. The molecular weight excluding hydrogens is 380 g/mol. The molecule has 30 heavy (non-hydrogen) atoms. The van der Waals surface area contributed by atoms with Crippen molar-refractivity contribution in [3.63, 3.8) is 0 Å². The Hall–Kier alpha value is -4.00. The average molecular weight is 400 g/mol. The Kier molecular flexibility index (Phi) is 5.52. The van der Waals surface area contributed by atoms with Gasteiger partial charge in [-0.25, -0.2) is 14.6 Å². The maximum Gasteiger partial charge on any atom is 0.348 e. The van der Waals surface area contributed by atoms with Crippen molar-refractivity contribution in [3.8, 4) is 11.1 Å². The number of aromatic amines is 1. The molecule has 4 aromatic rings. The van der Waals surface area contributed by atoms with Crippen LogP contribution in [0.2, 0.25) is 0 Å². The van der Waals surface area contributed by atoms with Crippen LogP contribution in [0.25, 0.3) is 22.2 Å². The maximum absolute atomic E-state index is 12.0. The second-order valence-corrected chi connectivity index (χ2v) is 6.64. The Morgan fingerprint density at radius 2 is 1.90 bits per heavy atom. The number of carbonyl (C=O) groups excluding carboxylic acids is 1. The van der Waals surface area contributed by atoms with Crippen LogP contribution < -0.4 is 11.0 Å². The van der Waals surface area contributed by atoms with Gasteiger partial charge in [0.1, 0.15) is 11.5 Å². The van der Waals surface area contributed by atoms with Crippen LogP contribution in [0.1, 0.15) is 22.8 Å². The number of hydrogen-bond donors (Lipinski definition) is 2. The van der Waals surface area contributed by atoms with Gasteiger partial charge in [0, 0.05) is 12.7 Å². The Bertz CT molecular complexity index is 1250. The van der Waals surface area contributed by atoms with Gasteiger partial charge in [-0.3, -0.25) is 4.98 Å². The highest BCUT2D eigenvalue weighted by Crippen LogP contribution is 2.22. The van der Waals surface area contributed by atoms with Crippen molar-refractivity contribution in [1.29, 1.82) is 0 Å². The number of nitrogens with zero attached hydrogens (tertiary/aromatic N) is 2. The fourth-order valence-electron chi connectivity index (χ4n) is 3.16. The van der Waals surface area contributed by atoms with Crippen LogP contribution in [0.3, 0.4) is 0 Å². The first kappa shape index (κ1) is 19.3. The molecule has 2 aromatic heterocycles. The van der Waals surface area contributed by atoms with Gasteiger partial charge in [-0.2, -0.15) is 4.98 Å². The Morgan fingerprint density at radius 3 is 2.70 bits per heavy atom. The predicted molar refractivity (Wildman–Crippen MR) is 115 cm³/mol. The lowest BCUT2D eigenvalue weighted by Gasteiger charge is -2.09. The number of nitrogens with one attached hydrogen (secondary N) is 2. The minimum Gasteiger partial charge on any atom is -0.462 e. The van der Waals surface area contributed by atoms with Crippen molar-refractivity contribution in [2.24, 2.45) is 0 Å². The zero-order valence-corrected chi connectivity index (χ0v) is 16.4. The van der Waals surface area contributed by atoms with Gasteiger partial charge in [-0.1, -0.05) is 36.4 Å². The second-order valence-electron chi connectivity index (χ2n) is 6.64. The Labute approximate surface area is 172 Å². The van der Waals surface area contributed by atoms with E-state index in [0.717, 1.165) is 22.1 Å². The van der Waals surface area contributed by atoms with E-state index in [1.54, 1.807) is 25.3 Å². The monoisotopic (exact) mass is 400 g/mol. The summed E-state index contributed by atoms with van der Waals surface area (Å²) in [7, 11) is 0. The van der Waals surface area contributed by atoms with Crippen molar-refractivity contribution in [2.75, 3.05) is 11.9 Å². The van der Waals surface area contributed by atoms with Gasteiger partial charge in [-0.05, 0) is 47.9 Å². The van der Waals surface area contributed by atoms with Crippen LogP contribution in [0.15, 0.2) is 71.7 Å². The molecule has 0 aliphatic rings. The summed E-state index contributed by atoms with van der Waals surface area (Å²) in [5, 5.41) is 3.96. The lowest BCUT2D eigenvalue weighted by atomic mass is 10.0. The molecule has 0 fully saturated rings. The maximum atomic E-state index is 12.0. The van der Waals surface area contributed by atoms with E-state index < -0.39 is 5.69 Å². The van der Waals surface area contributed by atoms with Gasteiger partial charge >= 0.3 is 11.7 Å². The third-order valence-electron chi connectivity index (χ3n) is 4.62. The highest BCUT2D eigenvalue weighted by molar-refractivity contribution is 5.91. The number of hydrogen-bond acceptors (Lipinski definition) is 6. The number of carbonyl (C=O) groups is 1. The summed E-state index contributed by atoms with van der Waals surface area (Å²) in [4.78, 5) is 34.5. The van der Waals surface area contributed by atoms with Crippen molar-refractivity contribution < 1.29 is 9.53 Å². The van der Waals surface area contributed by atoms with E-state index in [4.69, 9.17) is 4.74 Å². The standard InChI is InChI=1S/C23H20N4O3/c1-2-30-22(28)18-6-3-5-17(13-18)16-10-8-15(9-11-16)14-25-21-19-7-4-12-24-20(19)26-23(29)27-21/h3-13H,2,14H2,1H3,(H2,24,25,26,27,29). The summed E-state index contributed by atoms with van der Waals surface area (Å²) in [6.45, 7) is 2.64. The number of ether oxygens (including phenoxy) is 1.